The average molecular weight is 301 g/mol. The van der Waals surface area contributed by atoms with Crippen LogP contribution >= 0.6 is 12.4 Å². The van der Waals surface area contributed by atoms with Gasteiger partial charge in [-0.3, -0.25) is 4.79 Å². The highest BCUT2D eigenvalue weighted by Crippen LogP contribution is 2.62. The standard InChI is InChI=1S/C16H28N2O.ClH/c1-15(2)12-9-18(10-13(12)15)14(19)8-16(11-17)6-4-3-5-7-16;/h12-13H,3-11,17H2,1-2H3;1H. The van der Waals surface area contributed by atoms with Gasteiger partial charge in [-0.05, 0) is 42.1 Å². The Morgan fingerprint density at radius 1 is 1.15 bits per heavy atom. The molecular formula is C16H29ClN2O. The van der Waals surface area contributed by atoms with E-state index in [0.29, 0.717) is 24.3 Å². The molecule has 3 nitrogen and oxygen atoms in total. The van der Waals surface area contributed by atoms with Gasteiger partial charge in [-0.15, -0.1) is 12.4 Å². The predicted molar refractivity (Wildman–Crippen MR) is 83.8 cm³/mol. The predicted octanol–water partition coefficient (Wildman–Crippen LogP) is 2.82. The van der Waals surface area contributed by atoms with E-state index in [9.17, 15) is 4.79 Å². The van der Waals surface area contributed by atoms with Crippen LogP contribution in [0, 0.1) is 22.7 Å². The number of likely N-dealkylation sites (tertiary alicyclic amines) is 1. The lowest BCUT2D eigenvalue weighted by molar-refractivity contribution is -0.134. The average Bonchev–Trinajstić information content (AvgIpc) is 2.81. The summed E-state index contributed by atoms with van der Waals surface area (Å²) in [5.41, 5.74) is 6.61. The smallest absolute Gasteiger partial charge is 0.223 e. The van der Waals surface area contributed by atoms with E-state index in [0.717, 1.165) is 37.8 Å². The van der Waals surface area contributed by atoms with Crippen LogP contribution in [0.5, 0.6) is 0 Å². The molecule has 0 aromatic heterocycles. The summed E-state index contributed by atoms with van der Waals surface area (Å²) in [6, 6.07) is 0. The minimum absolute atomic E-state index is 0. The Labute approximate surface area is 129 Å². The van der Waals surface area contributed by atoms with Crippen LogP contribution in [-0.2, 0) is 4.79 Å². The van der Waals surface area contributed by atoms with E-state index in [1.165, 1.54) is 19.3 Å². The van der Waals surface area contributed by atoms with E-state index in [4.69, 9.17) is 5.73 Å². The lowest BCUT2D eigenvalue weighted by Gasteiger charge is -2.37. The van der Waals surface area contributed by atoms with Crippen LogP contribution in [0.4, 0.5) is 0 Å². The number of halogens is 1. The van der Waals surface area contributed by atoms with Crippen molar-refractivity contribution in [3.63, 3.8) is 0 Å². The van der Waals surface area contributed by atoms with E-state index in [1.54, 1.807) is 0 Å². The zero-order chi connectivity index (χ0) is 13.7. The number of amides is 1. The fourth-order valence-electron chi connectivity index (χ4n) is 4.52. The number of nitrogens with two attached hydrogens (primary N) is 1. The van der Waals surface area contributed by atoms with E-state index < -0.39 is 0 Å². The van der Waals surface area contributed by atoms with Gasteiger partial charge in [-0.2, -0.15) is 0 Å². The van der Waals surface area contributed by atoms with E-state index >= 15 is 0 Å². The molecule has 2 saturated carbocycles. The normalized spacial score (nSPS) is 33.2. The highest BCUT2D eigenvalue weighted by molar-refractivity contribution is 5.85. The van der Waals surface area contributed by atoms with Gasteiger partial charge >= 0.3 is 0 Å². The van der Waals surface area contributed by atoms with Crippen molar-refractivity contribution in [2.24, 2.45) is 28.4 Å². The zero-order valence-electron chi connectivity index (χ0n) is 12.9. The summed E-state index contributed by atoms with van der Waals surface area (Å²) in [7, 11) is 0. The summed E-state index contributed by atoms with van der Waals surface area (Å²) in [6.07, 6.45) is 6.83. The Kier molecular flexibility index (Phi) is 4.42. The molecule has 0 aromatic rings. The fourth-order valence-corrected chi connectivity index (χ4v) is 4.52. The monoisotopic (exact) mass is 300 g/mol. The molecule has 2 atom stereocenters. The quantitative estimate of drug-likeness (QED) is 0.871. The highest BCUT2D eigenvalue weighted by atomic mass is 35.5. The third-order valence-corrected chi connectivity index (χ3v) is 6.35. The van der Waals surface area contributed by atoms with Crippen molar-refractivity contribution in [1.29, 1.82) is 0 Å². The van der Waals surface area contributed by atoms with Crippen molar-refractivity contribution in [2.75, 3.05) is 19.6 Å². The van der Waals surface area contributed by atoms with Gasteiger partial charge in [0.2, 0.25) is 5.91 Å². The molecule has 1 saturated heterocycles. The summed E-state index contributed by atoms with van der Waals surface area (Å²) in [5.74, 6) is 1.89. The van der Waals surface area contributed by atoms with Crippen LogP contribution in [0.2, 0.25) is 0 Å². The SMILES string of the molecule is CC1(C)C2CN(C(=O)CC3(CN)CCCCC3)CC21.Cl. The Bertz CT molecular complexity index is 363. The lowest BCUT2D eigenvalue weighted by atomic mass is 9.71. The highest BCUT2D eigenvalue weighted by Gasteiger charge is 2.62. The number of rotatable bonds is 3. The summed E-state index contributed by atoms with van der Waals surface area (Å²) in [4.78, 5) is 14.6. The second-order valence-corrected chi connectivity index (χ2v) is 7.77. The number of piperidine rings is 1. The first kappa shape index (κ1) is 16.1. The van der Waals surface area contributed by atoms with Gasteiger partial charge in [-0.1, -0.05) is 33.1 Å². The van der Waals surface area contributed by atoms with Gasteiger partial charge in [0, 0.05) is 19.5 Å². The lowest BCUT2D eigenvalue weighted by Crippen LogP contribution is -2.41. The first-order valence-electron chi connectivity index (χ1n) is 7.96. The Balaban J connectivity index is 0.00000147. The molecule has 20 heavy (non-hydrogen) atoms. The molecule has 2 N–H and O–H groups in total. The number of carbonyl (C=O) groups is 1. The molecular weight excluding hydrogens is 272 g/mol. The van der Waals surface area contributed by atoms with Gasteiger partial charge in [0.1, 0.15) is 0 Å². The zero-order valence-corrected chi connectivity index (χ0v) is 13.7. The van der Waals surface area contributed by atoms with E-state index in [1.807, 2.05) is 0 Å². The van der Waals surface area contributed by atoms with Crippen LogP contribution in [0.25, 0.3) is 0 Å². The number of nitrogens with zero attached hydrogens (tertiary/aromatic N) is 1. The van der Waals surface area contributed by atoms with Gasteiger partial charge in [0.25, 0.3) is 0 Å². The number of carbonyl (C=O) groups excluding carboxylic acids is 1. The maximum Gasteiger partial charge on any atom is 0.223 e. The van der Waals surface area contributed by atoms with Gasteiger partial charge in [0.05, 0.1) is 0 Å². The topological polar surface area (TPSA) is 46.3 Å². The molecule has 0 aromatic carbocycles. The summed E-state index contributed by atoms with van der Waals surface area (Å²) < 4.78 is 0. The third kappa shape index (κ3) is 2.59. The van der Waals surface area contributed by atoms with Crippen molar-refractivity contribution in [3.05, 3.63) is 0 Å². The molecule has 3 aliphatic rings. The van der Waals surface area contributed by atoms with E-state index in [-0.39, 0.29) is 17.8 Å². The molecule has 3 rings (SSSR count). The molecule has 0 radical (unpaired) electrons. The minimum Gasteiger partial charge on any atom is -0.342 e. The summed E-state index contributed by atoms with van der Waals surface area (Å²) >= 11 is 0. The first-order valence-corrected chi connectivity index (χ1v) is 7.96. The van der Waals surface area contributed by atoms with Gasteiger partial charge in [-0.25, -0.2) is 0 Å². The maximum absolute atomic E-state index is 12.5. The van der Waals surface area contributed by atoms with Crippen molar-refractivity contribution < 1.29 is 4.79 Å². The van der Waals surface area contributed by atoms with Crippen LogP contribution < -0.4 is 5.73 Å². The molecule has 1 aliphatic heterocycles. The van der Waals surface area contributed by atoms with Gasteiger partial charge < -0.3 is 10.6 Å². The molecule has 4 heteroatoms. The molecule has 0 bridgehead atoms. The number of fused-ring (bicyclic) bond motifs is 1. The number of hydrogen-bond acceptors (Lipinski definition) is 2. The van der Waals surface area contributed by atoms with Gasteiger partial charge in [0.15, 0.2) is 0 Å². The Morgan fingerprint density at radius 2 is 1.70 bits per heavy atom. The molecule has 116 valence electrons. The number of hydrogen-bond donors (Lipinski definition) is 1. The van der Waals surface area contributed by atoms with Crippen molar-refractivity contribution in [3.8, 4) is 0 Å². The van der Waals surface area contributed by atoms with Crippen LogP contribution in [0.3, 0.4) is 0 Å². The minimum atomic E-state index is 0. The maximum atomic E-state index is 12.5. The van der Waals surface area contributed by atoms with Crippen molar-refractivity contribution >= 4 is 18.3 Å². The Hall–Kier alpha value is -0.280. The fraction of sp³-hybridized carbons (Fsp3) is 0.938. The molecule has 3 fully saturated rings. The second kappa shape index (κ2) is 5.49. The molecule has 2 unspecified atom stereocenters. The molecule has 1 amide bonds. The second-order valence-electron chi connectivity index (χ2n) is 7.77. The molecule has 0 spiro atoms. The molecule has 2 aliphatic carbocycles. The largest absolute Gasteiger partial charge is 0.342 e. The van der Waals surface area contributed by atoms with Crippen LogP contribution in [-0.4, -0.2) is 30.4 Å². The van der Waals surface area contributed by atoms with Crippen LogP contribution in [0.1, 0.15) is 52.4 Å². The first-order chi connectivity index (χ1) is 8.98. The van der Waals surface area contributed by atoms with Crippen LogP contribution in [0.15, 0.2) is 0 Å². The summed E-state index contributed by atoms with van der Waals surface area (Å²) in [5, 5.41) is 0. The molecule has 1 heterocycles. The van der Waals surface area contributed by atoms with E-state index in [2.05, 4.69) is 18.7 Å². The van der Waals surface area contributed by atoms with Crippen molar-refractivity contribution in [1.82, 2.24) is 4.90 Å². The van der Waals surface area contributed by atoms with Crippen molar-refractivity contribution in [2.45, 2.75) is 52.4 Å². The third-order valence-electron chi connectivity index (χ3n) is 6.35. The Morgan fingerprint density at radius 3 is 2.20 bits per heavy atom. The summed E-state index contributed by atoms with van der Waals surface area (Å²) in [6.45, 7) is 7.36.